The van der Waals surface area contributed by atoms with Crippen molar-refractivity contribution in [1.82, 2.24) is 4.98 Å². The van der Waals surface area contributed by atoms with Crippen LogP contribution in [0, 0.1) is 0 Å². The molecule has 0 spiro atoms. The lowest BCUT2D eigenvalue weighted by molar-refractivity contribution is 0.242. The summed E-state index contributed by atoms with van der Waals surface area (Å²) in [5.74, 6) is 1.78. The van der Waals surface area contributed by atoms with Crippen LogP contribution in [0.25, 0.3) is 0 Å². The Labute approximate surface area is 178 Å². The minimum absolute atomic E-state index is 0. The molecule has 148 valence electrons. The zero-order chi connectivity index (χ0) is 18.8. The second-order valence-corrected chi connectivity index (χ2v) is 6.19. The van der Waals surface area contributed by atoms with E-state index in [1.54, 1.807) is 6.20 Å². The highest BCUT2D eigenvalue weighted by Gasteiger charge is 2.05. The third kappa shape index (κ3) is 8.47. The van der Waals surface area contributed by atoms with Crippen LogP contribution in [0.5, 0.6) is 11.6 Å². The molecule has 2 rings (SSSR count). The van der Waals surface area contributed by atoms with Crippen molar-refractivity contribution < 1.29 is 9.47 Å². The first kappa shape index (κ1) is 23.0. The summed E-state index contributed by atoms with van der Waals surface area (Å²) in [7, 11) is 0. The molecule has 0 aliphatic heterocycles. The summed E-state index contributed by atoms with van der Waals surface area (Å²) < 4.78 is 11.3. The van der Waals surface area contributed by atoms with E-state index in [4.69, 9.17) is 15.2 Å². The summed E-state index contributed by atoms with van der Waals surface area (Å²) >= 11 is 0. The highest BCUT2D eigenvalue weighted by atomic mass is 127. The van der Waals surface area contributed by atoms with Crippen molar-refractivity contribution in [3.8, 4) is 11.6 Å². The Hall–Kier alpha value is -2.03. The van der Waals surface area contributed by atoms with E-state index in [0.29, 0.717) is 25.0 Å². The number of nitrogens with two attached hydrogens (primary N) is 1. The third-order valence-corrected chi connectivity index (χ3v) is 3.50. The highest BCUT2D eigenvalue weighted by Crippen LogP contribution is 2.18. The summed E-state index contributed by atoms with van der Waals surface area (Å²) in [4.78, 5) is 8.66. The molecule has 0 atom stereocenters. The normalized spacial score (nSPS) is 11.0. The van der Waals surface area contributed by atoms with Crippen LogP contribution in [-0.4, -0.2) is 23.7 Å². The van der Waals surface area contributed by atoms with Gasteiger partial charge in [0.15, 0.2) is 5.96 Å². The van der Waals surface area contributed by atoms with Gasteiger partial charge in [0, 0.05) is 17.4 Å². The quantitative estimate of drug-likeness (QED) is 0.236. The van der Waals surface area contributed by atoms with Crippen molar-refractivity contribution in [3.05, 3.63) is 48.2 Å². The fourth-order valence-electron chi connectivity index (χ4n) is 2.23. The molecule has 0 bridgehead atoms. The van der Waals surface area contributed by atoms with Gasteiger partial charge in [-0.25, -0.2) is 9.98 Å². The summed E-state index contributed by atoms with van der Waals surface area (Å²) in [6, 6.07) is 11.4. The Kier molecular flexibility index (Phi) is 10.5. The van der Waals surface area contributed by atoms with Crippen LogP contribution in [0.15, 0.2) is 47.6 Å². The molecular weight excluding hydrogens is 455 g/mol. The maximum absolute atomic E-state index is 5.99. The molecule has 0 aliphatic rings. The summed E-state index contributed by atoms with van der Waals surface area (Å²) in [5.41, 5.74) is 7.76. The lowest BCUT2D eigenvalue weighted by atomic mass is 10.2. The summed E-state index contributed by atoms with van der Waals surface area (Å²) in [6.07, 6.45) is 3.95. The number of aromatic nitrogens is 1. The van der Waals surface area contributed by atoms with Gasteiger partial charge in [-0.3, -0.25) is 0 Å². The monoisotopic (exact) mass is 484 g/mol. The van der Waals surface area contributed by atoms with E-state index in [1.807, 2.05) is 50.2 Å². The molecule has 0 saturated heterocycles. The van der Waals surface area contributed by atoms with Gasteiger partial charge in [-0.15, -0.1) is 24.0 Å². The SMILES string of the molecule is CCCCOc1ncccc1CN=C(N)Nc1ccc(OC(C)C)cc1.I. The van der Waals surface area contributed by atoms with E-state index in [9.17, 15) is 0 Å². The summed E-state index contributed by atoms with van der Waals surface area (Å²) in [6.45, 7) is 7.18. The number of unbranched alkanes of at least 4 members (excludes halogenated alkanes) is 1. The molecule has 0 amide bonds. The topological polar surface area (TPSA) is 81.8 Å². The molecule has 0 fully saturated rings. The zero-order valence-electron chi connectivity index (χ0n) is 16.1. The predicted molar refractivity (Wildman–Crippen MR) is 121 cm³/mol. The number of pyridine rings is 1. The van der Waals surface area contributed by atoms with Crippen molar-refractivity contribution >= 4 is 35.6 Å². The minimum atomic E-state index is 0. The molecule has 0 radical (unpaired) electrons. The predicted octanol–water partition coefficient (Wildman–Crippen LogP) is 4.59. The van der Waals surface area contributed by atoms with Crippen molar-refractivity contribution in [2.45, 2.75) is 46.3 Å². The molecular formula is C20H29IN4O2. The first-order valence-electron chi connectivity index (χ1n) is 8.99. The standard InChI is InChI=1S/C20H28N4O2.HI/c1-4-5-13-25-19-16(7-6-12-22-19)14-23-20(21)24-17-8-10-18(11-9-17)26-15(2)3;/h6-12,15H,4-5,13-14H2,1-3H3,(H3,21,23,24);1H. The molecule has 7 heteroatoms. The molecule has 1 aromatic heterocycles. The van der Waals surface area contributed by atoms with Gasteiger partial charge in [0.05, 0.1) is 19.3 Å². The van der Waals surface area contributed by atoms with Crippen molar-refractivity contribution in [1.29, 1.82) is 0 Å². The number of halogens is 1. The fraction of sp³-hybridized carbons (Fsp3) is 0.400. The molecule has 2 aromatic rings. The Morgan fingerprint density at radius 2 is 1.96 bits per heavy atom. The zero-order valence-corrected chi connectivity index (χ0v) is 18.5. The van der Waals surface area contributed by atoms with E-state index >= 15 is 0 Å². The molecule has 1 heterocycles. The second-order valence-electron chi connectivity index (χ2n) is 6.19. The van der Waals surface area contributed by atoms with Crippen LogP contribution in [0.3, 0.4) is 0 Å². The number of aliphatic imine (C=N–C) groups is 1. The number of guanidine groups is 1. The van der Waals surface area contributed by atoms with Crippen LogP contribution in [0.1, 0.15) is 39.2 Å². The van der Waals surface area contributed by atoms with Gasteiger partial charge in [0.1, 0.15) is 5.75 Å². The lowest BCUT2D eigenvalue weighted by Crippen LogP contribution is -2.22. The van der Waals surface area contributed by atoms with Gasteiger partial charge >= 0.3 is 0 Å². The van der Waals surface area contributed by atoms with Crippen LogP contribution in [0.4, 0.5) is 5.69 Å². The van der Waals surface area contributed by atoms with Crippen molar-refractivity contribution in [2.24, 2.45) is 10.7 Å². The molecule has 3 N–H and O–H groups in total. The van der Waals surface area contributed by atoms with E-state index < -0.39 is 0 Å². The van der Waals surface area contributed by atoms with E-state index in [0.717, 1.165) is 29.8 Å². The van der Waals surface area contributed by atoms with Crippen molar-refractivity contribution in [3.63, 3.8) is 0 Å². The van der Waals surface area contributed by atoms with Gasteiger partial charge in [0.25, 0.3) is 0 Å². The maximum Gasteiger partial charge on any atom is 0.218 e. The van der Waals surface area contributed by atoms with Crippen LogP contribution in [0.2, 0.25) is 0 Å². The minimum Gasteiger partial charge on any atom is -0.491 e. The van der Waals surface area contributed by atoms with E-state index in [1.165, 1.54) is 0 Å². The number of nitrogens with zero attached hydrogens (tertiary/aromatic N) is 2. The smallest absolute Gasteiger partial charge is 0.218 e. The second kappa shape index (κ2) is 12.4. The largest absolute Gasteiger partial charge is 0.491 e. The third-order valence-electron chi connectivity index (χ3n) is 3.50. The highest BCUT2D eigenvalue weighted by molar-refractivity contribution is 14.0. The lowest BCUT2D eigenvalue weighted by Gasteiger charge is -2.11. The number of hydrogen-bond acceptors (Lipinski definition) is 4. The Balaban J connectivity index is 0.00000364. The van der Waals surface area contributed by atoms with Crippen molar-refractivity contribution in [2.75, 3.05) is 11.9 Å². The Bertz CT molecular complexity index is 705. The average Bonchev–Trinajstić information content (AvgIpc) is 2.62. The van der Waals surface area contributed by atoms with Gasteiger partial charge in [-0.05, 0) is 50.6 Å². The Morgan fingerprint density at radius 3 is 2.63 bits per heavy atom. The first-order chi connectivity index (χ1) is 12.6. The van der Waals surface area contributed by atoms with Crippen LogP contribution >= 0.6 is 24.0 Å². The maximum atomic E-state index is 5.99. The number of nitrogens with one attached hydrogen (secondary N) is 1. The van der Waals surface area contributed by atoms with Gasteiger partial charge in [-0.2, -0.15) is 0 Å². The average molecular weight is 484 g/mol. The fourth-order valence-corrected chi connectivity index (χ4v) is 2.23. The van der Waals surface area contributed by atoms with Gasteiger partial charge in [0.2, 0.25) is 5.88 Å². The van der Waals surface area contributed by atoms with Gasteiger partial charge < -0.3 is 20.5 Å². The van der Waals surface area contributed by atoms with E-state index in [-0.39, 0.29) is 30.1 Å². The molecule has 6 nitrogen and oxygen atoms in total. The number of ether oxygens (including phenoxy) is 2. The molecule has 0 unspecified atom stereocenters. The molecule has 27 heavy (non-hydrogen) atoms. The summed E-state index contributed by atoms with van der Waals surface area (Å²) in [5, 5.41) is 3.08. The number of rotatable bonds is 9. The number of benzene rings is 1. The van der Waals surface area contributed by atoms with Crippen LogP contribution in [-0.2, 0) is 6.54 Å². The molecule has 0 aliphatic carbocycles. The number of anilines is 1. The molecule has 1 aromatic carbocycles. The first-order valence-corrected chi connectivity index (χ1v) is 8.99. The number of hydrogen-bond donors (Lipinski definition) is 2. The van der Waals surface area contributed by atoms with Gasteiger partial charge in [-0.1, -0.05) is 19.4 Å². The van der Waals surface area contributed by atoms with Crippen LogP contribution < -0.4 is 20.5 Å². The molecule has 0 saturated carbocycles. The van der Waals surface area contributed by atoms with E-state index in [2.05, 4.69) is 22.2 Å². The Morgan fingerprint density at radius 1 is 1.22 bits per heavy atom.